The van der Waals surface area contributed by atoms with Crippen LogP contribution in [-0.2, 0) is 19.6 Å². The lowest BCUT2D eigenvalue weighted by atomic mass is 10.1. The lowest BCUT2D eigenvalue weighted by Gasteiger charge is -2.40. The van der Waals surface area contributed by atoms with E-state index in [4.69, 9.17) is 0 Å². The molecule has 0 spiro atoms. The summed E-state index contributed by atoms with van der Waals surface area (Å²) in [5.41, 5.74) is 0.420. The minimum atomic E-state index is -4.17. The zero-order chi connectivity index (χ0) is 24.3. The molecule has 2 aromatic carbocycles. The van der Waals surface area contributed by atoms with Gasteiger partial charge in [0, 0.05) is 31.7 Å². The van der Waals surface area contributed by atoms with Crippen molar-refractivity contribution in [3.63, 3.8) is 0 Å². The summed E-state index contributed by atoms with van der Waals surface area (Å²) in [7, 11) is -4.17. The number of rotatable bonds is 5. The summed E-state index contributed by atoms with van der Waals surface area (Å²) in [4.78, 5) is 39.7. The third kappa shape index (κ3) is 4.95. The highest BCUT2D eigenvalue weighted by Crippen LogP contribution is 2.23. The van der Waals surface area contributed by atoms with E-state index >= 15 is 0 Å². The van der Waals surface area contributed by atoms with Crippen molar-refractivity contribution in [2.75, 3.05) is 26.2 Å². The van der Waals surface area contributed by atoms with Crippen LogP contribution in [0.2, 0.25) is 0 Å². The summed E-state index contributed by atoms with van der Waals surface area (Å²) in [5, 5.41) is 5.32. The highest BCUT2D eigenvalue weighted by molar-refractivity contribution is 7.89. The van der Waals surface area contributed by atoms with Crippen molar-refractivity contribution in [1.29, 1.82) is 0 Å². The zero-order valence-electron chi connectivity index (χ0n) is 18.3. The van der Waals surface area contributed by atoms with Crippen LogP contribution >= 0.6 is 0 Å². The highest BCUT2D eigenvalue weighted by Gasteiger charge is 2.42. The normalized spacial score (nSPS) is 21.6. The first-order valence-corrected chi connectivity index (χ1v) is 12.4. The Morgan fingerprint density at radius 2 is 1.74 bits per heavy atom. The lowest BCUT2D eigenvalue weighted by molar-refractivity contribution is -0.132. The van der Waals surface area contributed by atoms with Crippen LogP contribution < -0.4 is 10.6 Å². The first kappa shape index (κ1) is 23.8. The number of nitrogens with zero attached hydrogens (tertiary/aromatic N) is 2. The Bertz CT molecular complexity index is 1170. The van der Waals surface area contributed by atoms with Crippen molar-refractivity contribution in [3.05, 3.63) is 66.0 Å². The molecule has 180 valence electrons. The number of halogens is 1. The van der Waals surface area contributed by atoms with E-state index in [0.717, 1.165) is 28.6 Å². The van der Waals surface area contributed by atoms with Crippen molar-refractivity contribution in [3.8, 4) is 0 Å². The Balaban J connectivity index is 1.62. The van der Waals surface area contributed by atoms with Crippen LogP contribution in [0.1, 0.15) is 23.2 Å². The van der Waals surface area contributed by atoms with Gasteiger partial charge in [-0.3, -0.25) is 14.4 Å². The highest BCUT2D eigenvalue weighted by atomic mass is 32.2. The van der Waals surface area contributed by atoms with E-state index in [9.17, 15) is 27.2 Å². The second kappa shape index (κ2) is 9.90. The second-order valence-corrected chi connectivity index (χ2v) is 10.1. The predicted molar refractivity (Wildman–Crippen MR) is 121 cm³/mol. The average molecular weight is 489 g/mol. The number of carbonyl (C=O) groups is 3. The number of benzene rings is 2. The molecule has 2 unspecified atom stereocenters. The van der Waals surface area contributed by atoms with E-state index < -0.39 is 33.8 Å². The van der Waals surface area contributed by atoms with Crippen LogP contribution in [0.3, 0.4) is 0 Å². The second-order valence-electron chi connectivity index (χ2n) is 8.20. The molecule has 0 bridgehead atoms. The van der Waals surface area contributed by atoms with Gasteiger partial charge < -0.3 is 15.5 Å². The number of carbonyl (C=O) groups excluding carboxylic acids is 3. The number of piperidine rings is 1. The molecule has 2 aliphatic heterocycles. The molecule has 3 amide bonds. The Labute approximate surface area is 197 Å². The number of nitrogens with one attached hydrogen (secondary N) is 2. The summed E-state index contributed by atoms with van der Waals surface area (Å²) in [6.45, 7) is 0.266. The smallest absolute Gasteiger partial charge is 0.253 e. The number of sulfonamides is 1. The number of hydrogen-bond donors (Lipinski definition) is 2. The third-order valence-corrected chi connectivity index (χ3v) is 7.89. The van der Waals surface area contributed by atoms with Gasteiger partial charge in [-0.25, -0.2) is 12.8 Å². The molecule has 4 rings (SSSR count). The van der Waals surface area contributed by atoms with E-state index in [1.807, 2.05) is 0 Å². The summed E-state index contributed by atoms with van der Waals surface area (Å²) < 4.78 is 41.1. The van der Waals surface area contributed by atoms with Gasteiger partial charge in [-0.15, -0.1) is 0 Å². The van der Waals surface area contributed by atoms with Gasteiger partial charge in [0.15, 0.2) is 0 Å². The maximum absolute atomic E-state index is 13.4. The summed E-state index contributed by atoms with van der Waals surface area (Å²) in [6.07, 6.45) is 1.11. The quantitative estimate of drug-likeness (QED) is 0.644. The largest absolute Gasteiger partial charge is 0.354 e. The molecule has 2 atom stereocenters. The molecular weight excluding hydrogens is 463 g/mol. The molecule has 2 aliphatic rings. The first-order valence-electron chi connectivity index (χ1n) is 11.0. The summed E-state index contributed by atoms with van der Waals surface area (Å²) >= 11 is 0. The molecule has 2 saturated heterocycles. The van der Waals surface area contributed by atoms with E-state index in [-0.39, 0.29) is 36.3 Å². The first-order chi connectivity index (χ1) is 16.3. The molecule has 2 heterocycles. The number of piperazine rings is 1. The molecule has 2 aromatic rings. The molecular formula is C23H25FN4O5S. The van der Waals surface area contributed by atoms with Crippen LogP contribution in [0.25, 0.3) is 0 Å². The standard InChI is InChI=1S/C23H25FN4O5S/c24-17-8-10-18(11-9-17)34(32,33)28-14-13-27(23(31)16-5-2-1-3-6-16)15-20(28)22(30)26-19-7-4-12-25-21(19)29/h1-3,5-6,8-11,19-20H,4,7,12-15H2,(H,25,29)(H,26,30). The van der Waals surface area contributed by atoms with E-state index in [2.05, 4.69) is 10.6 Å². The lowest BCUT2D eigenvalue weighted by Crippen LogP contribution is -2.63. The minimum absolute atomic E-state index is 0.0713. The van der Waals surface area contributed by atoms with Gasteiger partial charge in [0.05, 0.1) is 4.90 Å². The minimum Gasteiger partial charge on any atom is -0.354 e. The fourth-order valence-corrected chi connectivity index (χ4v) is 5.71. The molecule has 0 aromatic heterocycles. The molecule has 0 radical (unpaired) electrons. The SMILES string of the molecule is O=C1NCCCC1NC(=O)C1CN(C(=O)c2ccccc2)CCN1S(=O)(=O)c1ccc(F)cc1. The molecule has 9 nitrogen and oxygen atoms in total. The monoisotopic (exact) mass is 488 g/mol. The van der Waals surface area contributed by atoms with Crippen LogP contribution in [-0.4, -0.2) is 73.6 Å². The topological polar surface area (TPSA) is 116 Å². The molecule has 2 N–H and O–H groups in total. The average Bonchev–Trinajstić information content (AvgIpc) is 2.85. The molecule has 0 saturated carbocycles. The molecule has 34 heavy (non-hydrogen) atoms. The van der Waals surface area contributed by atoms with Gasteiger partial charge in [-0.05, 0) is 49.2 Å². The van der Waals surface area contributed by atoms with E-state index in [1.165, 1.54) is 4.90 Å². The van der Waals surface area contributed by atoms with E-state index in [0.29, 0.717) is 24.9 Å². The van der Waals surface area contributed by atoms with Crippen molar-refractivity contribution < 1.29 is 27.2 Å². The van der Waals surface area contributed by atoms with Crippen molar-refractivity contribution >= 4 is 27.7 Å². The number of hydrogen-bond acceptors (Lipinski definition) is 5. The Morgan fingerprint density at radius 1 is 1.03 bits per heavy atom. The number of amides is 3. The maximum atomic E-state index is 13.4. The van der Waals surface area contributed by atoms with Gasteiger partial charge in [0.25, 0.3) is 5.91 Å². The van der Waals surface area contributed by atoms with Gasteiger partial charge in [-0.2, -0.15) is 4.31 Å². The molecule has 0 aliphatic carbocycles. The maximum Gasteiger partial charge on any atom is 0.253 e. The van der Waals surface area contributed by atoms with Crippen molar-refractivity contribution in [2.45, 2.75) is 29.8 Å². The third-order valence-electron chi connectivity index (χ3n) is 5.96. The fourth-order valence-electron chi connectivity index (χ4n) is 4.14. The van der Waals surface area contributed by atoms with Gasteiger partial charge in [0.2, 0.25) is 21.8 Å². The molecule has 2 fully saturated rings. The van der Waals surface area contributed by atoms with Gasteiger partial charge in [-0.1, -0.05) is 18.2 Å². The summed E-state index contributed by atoms with van der Waals surface area (Å²) in [5.74, 6) is -1.92. The summed E-state index contributed by atoms with van der Waals surface area (Å²) in [6, 6.07) is 10.8. The van der Waals surface area contributed by atoms with Gasteiger partial charge >= 0.3 is 0 Å². The fraction of sp³-hybridized carbons (Fsp3) is 0.348. The van der Waals surface area contributed by atoms with Crippen LogP contribution in [0.4, 0.5) is 4.39 Å². The van der Waals surface area contributed by atoms with Crippen molar-refractivity contribution in [2.24, 2.45) is 0 Å². The van der Waals surface area contributed by atoms with Crippen LogP contribution in [0.5, 0.6) is 0 Å². The molecule has 11 heteroatoms. The zero-order valence-corrected chi connectivity index (χ0v) is 19.1. The van der Waals surface area contributed by atoms with Gasteiger partial charge in [0.1, 0.15) is 17.9 Å². The predicted octanol–water partition coefficient (Wildman–Crippen LogP) is 0.736. The Hall–Kier alpha value is -3.31. The van der Waals surface area contributed by atoms with Crippen molar-refractivity contribution in [1.82, 2.24) is 19.8 Å². The van der Waals surface area contributed by atoms with Crippen LogP contribution in [0, 0.1) is 5.82 Å². The Morgan fingerprint density at radius 3 is 2.41 bits per heavy atom. The van der Waals surface area contributed by atoms with Crippen LogP contribution in [0.15, 0.2) is 59.5 Å². The van der Waals surface area contributed by atoms with E-state index in [1.54, 1.807) is 30.3 Å². The Kier molecular flexibility index (Phi) is 6.94.